The first-order chi connectivity index (χ1) is 14.2. The molecule has 1 aromatic carbocycles. The van der Waals surface area contributed by atoms with E-state index in [4.69, 9.17) is 4.74 Å². The third-order valence-corrected chi connectivity index (χ3v) is 5.95. The highest BCUT2D eigenvalue weighted by atomic mass is 16.5. The number of rotatable bonds is 5. The molecule has 1 fully saturated rings. The van der Waals surface area contributed by atoms with Crippen LogP contribution in [0.15, 0.2) is 67.0 Å². The van der Waals surface area contributed by atoms with Crippen molar-refractivity contribution in [3.63, 3.8) is 0 Å². The van der Waals surface area contributed by atoms with E-state index in [1.165, 1.54) is 5.56 Å². The van der Waals surface area contributed by atoms with Crippen molar-refractivity contribution in [2.24, 2.45) is 0 Å². The van der Waals surface area contributed by atoms with Crippen LogP contribution in [0, 0.1) is 0 Å². The molecule has 6 nitrogen and oxygen atoms in total. The van der Waals surface area contributed by atoms with Crippen LogP contribution in [0.4, 0.5) is 0 Å². The van der Waals surface area contributed by atoms with Gasteiger partial charge < -0.3 is 14.2 Å². The third kappa shape index (κ3) is 3.29. The number of methoxy groups -OCH3 is 1. The number of carbonyl (C=O) groups is 1. The van der Waals surface area contributed by atoms with E-state index in [1.54, 1.807) is 13.3 Å². The molecule has 0 N–H and O–H groups in total. The molecule has 0 saturated carbocycles. The average molecular weight is 388 g/mol. The van der Waals surface area contributed by atoms with Gasteiger partial charge in [0.05, 0.1) is 31.4 Å². The molecule has 2 aliphatic heterocycles. The van der Waals surface area contributed by atoms with Crippen molar-refractivity contribution in [2.75, 3.05) is 20.2 Å². The van der Waals surface area contributed by atoms with Crippen LogP contribution in [0.25, 0.3) is 0 Å². The quantitative estimate of drug-likeness (QED) is 0.674. The number of pyridine rings is 1. The molecule has 29 heavy (non-hydrogen) atoms. The number of carbonyl (C=O) groups excluding carboxylic acids is 1. The summed E-state index contributed by atoms with van der Waals surface area (Å²) in [6, 6.07) is 18.4. The van der Waals surface area contributed by atoms with Gasteiger partial charge in [-0.3, -0.25) is 14.7 Å². The summed E-state index contributed by atoms with van der Waals surface area (Å²) in [5, 5.41) is 0. The predicted octanol–water partition coefficient (Wildman–Crippen LogP) is 2.97. The van der Waals surface area contributed by atoms with Crippen LogP contribution < -0.4 is 4.74 Å². The zero-order valence-corrected chi connectivity index (χ0v) is 16.4. The van der Waals surface area contributed by atoms with Gasteiger partial charge in [0.15, 0.2) is 0 Å². The number of hydrogen-bond donors (Lipinski definition) is 0. The Hall–Kier alpha value is -3.12. The van der Waals surface area contributed by atoms with Gasteiger partial charge in [-0.05, 0) is 42.0 Å². The fourth-order valence-corrected chi connectivity index (χ4v) is 4.60. The minimum absolute atomic E-state index is 0.0881. The maximum atomic E-state index is 13.2. The Morgan fingerprint density at radius 2 is 1.93 bits per heavy atom. The first-order valence-electron chi connectivity index (χ1n) is 9.96. The van der Waals surface area contributed by atoms with Crippen LogP contribution in [-0.4, -0.2) is 51.5 Å². The fraction of sp³-hybridized carbons (Fsp3) is 0.304. The molecule has 1 amide bonds. The summed E-state index contributed by atoms with van der Waals surface area (Å²) in [7, 11) is 1.69. The van der Waals surface area contributed by atoms with Crippen molar-refractivity contribution in [1.82, 2.24) is 19.4 Å². The minimum atomic E-state index is 0.0881. The minimum Gasteiger partial charge on any atom is -0.497 e. The summed E-state index contributed by atoms with van der Waals surface area (Å²) < 4.78 is 7.53. The van der Waals surface area contributed by atoms with E-state index in [9.17, 15) is 4.79 Å². The number of aromatic nitrogens is 2. The molecular formula is C23H24N4O2. The van der Waals surface area contributed by atoms with E-state index < -0.39 is 0 Å². The van der Waals surface area contributed by atoms with E-state index >= 15 is 0 Å². The van der Waals surface area contributed by atoms with Gasteiger partial charge in [-0.2, -0.15) is 0 Å². The smallest absolute Gasteiger partial charge is 0.271 e. The van der Waals surface area contributed by atoms with E-state index in [1.807, 2.05) is 53.6 Å². The molecule has 2 aliphatic rings. The third-order valence-electron chi connectivity index (χ3n) is 5.95. The Balaban J connectivity index is 1.41. The summed E-state index contributed by atoms with van der Waals surface area (Å²) in [6.45, 7) is 3.14. The molecule has 2 aromatic heterocycles. The molecular weight excluding hydrogens is 364 g/mol. The van der Waals surface area contributed by atoms with Crippen molar-refractivity contribution >= 4 is 5.91 Å². The molecule has 1 saturated heterocycles. The molecule has 0 bridgehead atoms. The van der Waals surface area contributed by atoms with Crippen molar-refractivity contribution in [2.45, 2.75) is 25.2 Å². The van der Waals surface area contributed by atoms with Crippen LogP contribution in [0.2, 0.25) is 0 Å². The molecule has 5 rings (SSSR count). The first kappa shape index (κ1) is 17.9. The van der Waals surface area contributed by atoms with Crippen molar-refractivity contribution in [3.8, 4) is 5.75 Å². The molecule has 148 valence electrons. The van der Waals surface area contributed by atoms with Gasteiger partial charge in [-0.1, -0.05) is 18.2 Å². The van der Waals surface area contributed by atoms with E-state index in [2.05, 4.69) is 26.6 Å². The second kappa shape index (κ2) is 7.37. The average Bonchev–Trinajstić information content (AvgIpc) is 3.39. The summed E-state index contributed by atoms with van der Waals surface area (Å²) in [5.74, 6) is 0.962. The number of nitrogens with zero attached hydrogens (tertiary/aromatic N) is 4. The highest BCUT2D eigenvalue weighted by Crippen LogP contribution is 2.35. The van der Waals surface area contributed by atoms with Crippen molar-refractivity contribution in [1.29, 1.82) is 0 Å². The summed E-state index contributed by atoms with van der Waals surface area (Å²) >= 11 is 0. The van der Waals surface area contributed by atoms with Gasteiger partial charge in [-0.15, -0.1) is 0 Å². The Bertz CT molecular complexity index is 1020. The normalized spacial score (nSPS) is 21.1. The van der Waals surface area contributed by atoms with Crippen LogP contribution >= 0.6 is 0 Å². The first-order valence-corrected chi connectivity index (χ1v) is 9.96. The lowest BCUT2D eigenvalue weighted by Crippen LogP contribution is -2.49. The lowest BCUT2D eigenvalue weighted by molar-refractivity contribution is 0.0553. The number of ether oxygens (including phenoxy) is 1. The van der Waals surface area contributed by atoms with E-state index in [0.29, 0.717) is 6.54 Å². The van der Waals surface area contributed by atoms with Crippen LogP contribution in [0.3, 0.4) is 0 Å². The monoisotopic (exact) mass is 388 g/mol. The zero-order valence-electron chi connectivity index (χ0n) is 16.4. The van der Waals surface area contributed by atoms with Gasteiger partial charge in [-0.25, -0.2) is 0 Å². The topological polar surface area (TPSA) is 50.6 Å². The molecule has 0 aliphatic carbocycles. The molecule has 4 heterocycles. The fourth-order valence-electron chi connectivity index (χ4n) is 4.60. The number of benzene rings is 1. The predicted molar refractivity (Wildman–Crippen MR) is 110 cm³/mol. The number of hydrogen-bond acceptors (Lipinski definition) is 4. The van der Waals surface area contributed by atoms with E-state index in [0.717, 1.165) is 36.8 Å². The van der Waals surface area contributed by atoms with Gasteiger partial charge in [0.2, 0.25) is 0 Å². The Morgan fingerprint density at radius 1 is 1.03 bits per heavy atom. The van der Waals surface area contributed by atoms with Crippen molar-refractivity contribution in [3.05, 3.63) is 83.9 Å². The maximum Gasteiger partial charge on any atom is 0.271 e. The lowest BCUT2D eigenvalue weighted by atomic mass is 10.1. The second-order valence-electron chi connectivity index (χ2n) is 7.74. The number of likely N-dealkylation sites (tertiary alicyclic amines) is 1. The largest absolute Gasteiger partial charge is 0.497 e. The number of fused-ring (bicyclic) bond motifs is 3. The Morgan fingerprint density at radius 3 is 2.76 bits per heavy atom. The molecule has 2 atom stereocenters. The Kier molecular flexibility index (Phi) is 4.56. The molecule has 0 spiro atoms. The zero-order chi connectivity index (χ0) is 19.8. The highest BCUT2D eigenvalue weighted by molar-refractivity contribution is 5.94. The van der Waals surface area contributed by atoms with Gasteiger partial charge in [0.25, 0.3) is 5.91 Å². The molecule has 2 unspecified atom stereocenters. The van der Waals surface area contributed by atoms with Gasteiger partial charge in [0.1, 0.15) is 11.4 Å². The summed E-state index contributed by atoms with van der Waals surface area (Å²) in [6.07, 6.45) is 3.83. The van der Waals surface area contributed by atoms with Crippen LogP contribution in [0.1, 0.15) is 27.8 Å². The SMILES string of the molecule is COc1cccc(CN2CC3C(C2)n2cccc2C(=O)N3Cc2ccccn2)c1. The van der Waals surface area contributed by atoms with Gasteiger partial charge >= 0.3 is 0 Å². The van der Waals surface area contributed by atoms with Crippen LogP contribution in [-0.2, 0) is 13.1 Å². The van der Waals surface area contributed by atoms with Crippen molar-refractivity contribution < 1.29 is 9.53 Å². The second-order valence-corrected chi connectivity index (χ2v) is 7.74. The maximum absolute atomic E-state index is 13.2. The summed E-state index contributed by atoms with van der Waals surface area (Å²) in [4.78, 5) is 22.1. The Labute approximate surface area is 170 Å². The highest BCUT2D eigenvalue weighted by Gasteiger charge is 2.44. The molecule has 3 aromatic rings. The van der Waals surface area contributed by atoms with Crippen LogP contribution in [0.5, 0.6) is 5.75 Å². The molecule has 0 radical (unpaired) electrons. The van der Waals surface area contributed by atoms with E-state index in [-0.39, 0.29) is 18.0 Å². The summed E-state index contributed by atoms with van der Waals surface area (Å²) in [5.41, 5.74) is 2.91. The standard InChI is InChI=1S/C23H24N4O2/c1-29-19-8-4-6-17(12-19)13-25-15-21-22(16-25)27(14-18-7-2-3-10-24-18)23(28)20-9-5-11-26(20)21/h2-12,21-22H,13-16H2,1H3. The van der Waals surface area contributed by atoms with Gasteiger partial charge in [0, 0.05) is 32.0 Å². The number of amides is 1. The lowest BCUT2D eigenvalue weighted by Gasteiger charge is -2.38. The molecule has 6 heteroatoms.